The third-order valence-electron chi connectivity index (χ3n) is 3.73. The summed E-state index contributed by atoms with van der Waals surface area (Å²) in [6, 6.07) is 9.17. The number of halogens is 4. The van der Waals surface area contributed by atoms with Crippen molar-refractivity contribution in [3.63, 3.8) is 0 Å². The van der Waals surface area contributed by atoms with Crippen LogP contribution in [-0.2, 0) is 6.18 Å². The molecule has 3 rings (SSSR count). The number of nitrogens with one attached hydrogen (secondary N) is 1. The number of imidazole rings is 1. The molecule has 3 aromatic rings. The average molecular weight is 351 g/mol. The lowest BCUT2D eigenvalue weighted by Gasteiger charge is -2.15. The Hall–Kier alpha value is -2.90. The Kier molecular flexibility index (Phi) is 4.20. The van der Waals surface area contributed by atoms with E-state index in [4.69, 9.17) is 0 Å². The molecule has 0 aliphatic carbocycles. The van der Waals surface area contributed by atoms with Crippen molar-refractivity contribution < 1.29 is 22.4 Å². The first-order chi connectivity index (χ1) is 11.8. The van der Waals surface area contributed by atoms with Gasteiger partial charge in [-0.2, -0.15) is 13.2 Å². The average Bonchev–Trinajstić information content (AvgIpc) is 2.95. The van der Waals surface area contributed by atoms with E-state index in [0.717, 1.165) is 4.40 Å². The standard InChI is InChI=1S/C17H13F4N3O/c1-10(11-5-7-12(18)8-6-11)22-16(25)14-15(17(19,20)21)23-13-4-2-3-9-24(13)14/h2-10H,1H3,(H,22,25). The lowest BCUT2D eigenvalue weighted by Crippen LogP contribution is -2.29. The number of alkyl halides is 3. The van der Waals surface area contributed by atoms with Crippen molar-refractivity contribution in [3.8, 4) is 0 Å². The van der Waals surface area contributed by atoms with Crippen LogP contribution in [0.15, 0.2) is 48.7 Å². The summed E-state index contributed by atoms with van der Waals surface area (Å²) in [5, 5.41) is 2.50. The fourth-order valence-electron chi connectivity index (χ4n) is 2.51. The number of hydrogen-bond donors (Lipinski definition) is 1. The summed E-state index contributed by atoms with van der Waals surface area (Å²) in [5.74, 6) is -1.36. The number of nitrogens with zero attached hydrogens (tertiary/aromatic N) is 2. The molecule has 0 aliphatic rings. The van der Waals surface area contributed by atoms with Crippen molar-refractivity contribution in [2.75, 3.05) is 0 Å². The van der Waals surface area contributed by atoms with E-state index in [-0.39, 0.29) is 5.65 Å². The van der Waals surface area contributed by atoms with E-state index < -0.39 is 35.3 Å². The van der Waals surface area contributed by atoms with Gasteiger partial charge >= 0.3 is 6.18 Å². The number of carbonyl (C=O) groups is 1. The smallest absolute Gasteiger partial charge is 0.344 e. The minimum atomic E-state index is -4.77. The molecule has 8 heteroatoms. The Morgan fingerprint density at radius 1 is 1.16 bits per heavy atom. The van der Waals surface area contributed by atoms with Crippen molar-refractivity contribution in [1.82, 2.24) is 14.7 Å². The van der Waals surface area contributed by atoms with Crippen LogP contribution in [0.1, 0.15) is 34.7 Å². The number of pyridine rings is 1. The third-order valence-corrected chi connectivity index (χ3v) is 3.73. The maximum Gasteiger partial charge on any atom is 0.435 e. The Morgan fingerprint density at radius 2 is 1.84 bits per heavy atom. The molecule has 0 saturated heterocycles. The largest absolute Gasteiger partial charge is 0.435 e. The highest BCUT2D eigenvalue weighted by Gasteiger charge is 2.40. The molecule has 0 radical (unpaired) electrons. The van der Waals surface area contributed by atoms with E-state index in [1.54, 1.807) is 6.92 Å². The number of hydrogen-bond acceptors (Lipinski definition) is 2. The molecule has 0 bridgehead atoms. The highest BCUT2D eigenvalue weighted by Crippen LogP contribution is 2.32. The second-order valence-electron chi connectivity index (χ2n) is 5.48. The maximum absolute atomic E-state index is 13.3. The van der Waals surface area contributed by atoms with E-state index in [2.05, 4.69) is 10.3 Å². The minimum Gasteiger partial charge on any atom is -0.344 e. The predicted octanol–water partition coefficient (Wildman–Crippen LogP) is 3.98. The van der Waals surface area contributed by atoms with Gasteiger partial charge < -0.3 is 5.32 Å². The molecule has 1 amide bonds. The van der Waals surface area contributed by atoms with Crippen LogP contribution in [0, 0.1) is 5.82 Å². The first-order valence-electron chi connectivity index (χ1n) is 7.38. The van der Waals surface area contributed by atoms with E-state index in [1.165, 1.54) is 48.7 Å². The molecule has 1 atom stereocenters. The molecule has 0 aliphatic heterocycles. The van der Waals surface area contributed by atoms with Crippen LogP contribution in [0.2, 0.25) is 0 Å². The highest BCUT2D eigenvalue weighted by atomic mass is 19.4. The summed E-state index contributed by atoms with van der Waals surface area (Å²) < 4.78 is 53.8. The topological polar surface area (TPSA) is 46.4 Å². The molecule has 130 valence electrons. The van der Waals surface area contributed by atoms with Crippen LogP contribution in [0.3, 0.4) is 0 Å². The summed E-state index contributed by atoms with van der Waals surface area (Å²) in [5.41, 5.74) is -1.24. The third kappa shape index (κ3) is 3.33. The predicted molar refractivity (Wildman–Crippen MR) is 82.5 cm³/mol. The quantitative estimate of drug-likeness (QED) is 0.726. The molecular formula is C17H13F4N3O. The molecule has 0 saturated carbocycles. The summed E-state index contributed by atoms with van der Waals surface area (Å²) >= 11 is 0. The van der Waals surface area contributed by atoms with Crippen molar-refractivity contribution in [3.05, 3.63) is 71.4 Å². The zero-order chi connectivity index (χ0) is 18.2. The maximum atomic E-state index is 13.3. The van der Waals surface area contributed by atoms with Gasteiger partial charge in [0.25, 0.3) is 5.91 Å². The highest BCUT2D eigenvalue weighted by molar-refractivity contribution is 5.95. The molecule has 4 nitrogen and oxygen atoms in total. The SMILES string of the molecule is CC(NC(=O)c1c(C(F)(F)F)nc2ccccn12)c1ccc(F)cc1. The van der Waals surface area contributed by atoms with Gasteiger partial charge in [-0.1, -0.05) is 18.2 Å². The molecule has 1 aromatic carbocycles. The second kappa shape index (κ2) is 6.19. The lowest BCUT2D eigenvalue weighted by atomic mass is 10.1. The van der Waals surface area contributed by atoms with Crippen molar-refractivity contribution >= 4 is 11.6 Å². The van der Waals surface area contributed by atoms with Gasteiger partial charge in [0.2, 0.25) is 0 Å². The zero-order valence-electron chi connectivity index (χ0n) is 13.0. The Bertz CT molecular complexity index is 916. The zero-order valence-corrected chi connectivity index (χ0v) is 13.0. The van der Waals surface area contributed by atoms with Gasteiger partial charge in [-0.3, -0.25) is 9.20 Å². The molecule has 25 heavy (non-hydrogen) atoms. The van der Waals surface area contributed by atoms with E-state index in [0.29, 0.717) is 5.56 Å². The Morgan fingerprint density at radius 3 is 2.48 bits per heavy atom. The number of amides is 1. The van der Waals surface area contributed by atoms with Gasteiger partial charge in [0.05, 0.1) is 6.04 Å². The fraction of sp³-hybridized carbons (Fsp3) is 0.176. The van der Waals surface area contributed by atoms with Crippen LogP contribution >= 0.6 is 0 Å². The van der Waals surface area contributed by atoms with Gasteiger partial charge in [0.15, 0.2) is 5.69 Å². The lowest BCUT2D eigenvalue weighted by molar-refractivity contribution is -0.141. The molecule has 2 aromatic heterocycles. The molecule has 1 N–H and O–H groups in total. The van der Waals surface area contributed by atoms with Crippen molar-refractivity contribution in [2.24, 2.45) is 0 Å². The second-order valence-corrected chi connectivity index (χ2v) is 5.48. The van der Waals surface area contributed by atoms with Crippen LogP contribution in [-0.4, -0.2) is 15.3 Å². The van der Waals surface area contributed by atoms with Gasteiger partial charge in [0, 0.05) is 6.20 Å². The molecular weight excluding hydrogens is 338 g/mol. The summed E-state index contributed by atoms with van der Waals surface area (Å²) in [6.45, 7) is 1.60. The van der Waals surface area contributed by atoms with Gasteiger partial charge in [0.1, 0.15) is 17.2 Å². The number of rotatable bonds is 3. The summed E-state index contributed by atoms with van der Waals surface area (Å²) in [6.07, 6.45) is -3.42. The minimum absolute atomic E-state index is 0.0226. The van der Waals surface area contributed by atoms with Crippen LogP contribution in [0.5, 0.6) is 0 Å². The molecule has 1 unspecified atom stereocenters. The number of fused-ring (bicyclic) bond motifs is 1. The molecule has 0 fully saturated rings. The fourth-order valence-corrected chi connectivity index (χ4v) is 2.51. The number of aromatic nitrogens is 2. The van der Waals surface area contributed by atoms with Crippen LogP contribution in [0.25, 0.3) is 5.65 Å². The number of carbonyl (C=O) groups excluding carboxylic acids is 1. The van der Waals surface area contributed by atoms with Gasteiger partial charge in [-0.15, -0.1) is 0 Å². The monoisotopic (exact) mass is 351 g/mol. The first kappa shape index (κ1) is 16.9. The van der Waals surface area contributed by atoms with E-state index in [9.17, 15) is 22.4 Å². The van der Waals surface area contributed by atoms with Gasteiger partial charge in [-0.05, 0) is 36.8 Å². The Labute approximate surface area is 140 Å². The summed E-state index contributed by atoms with van der Waals surface area (Å²) in [7, 11) is 0. The van der Waals surface area contributed by atoms with Crippen LogP contribution in [0.4, 0.5) is 17.6 Å². The molecule has 2 heterocycles. The van der Waals surface area contributed by atoms with Crippen LogP contribution < -0.4 is 5.32 Å². The molecule has 0 spiro atoms. The van der Waals surface area contributed by atoms with Gasteiger partial charge in [-0.25, -0.2) is 9.37 Å². The number of benzene rings is 1. The first-order valence-corrected chi connectivity index (χ1v) is 7.38. The van der Waals surface area contributed by atoms with E-state index in [1.807, 2.05) is 0 Å². The Balaban J connectivity index is 1.97. The van der Waals surface area contributed by atoms with Crippen molar-refractivity contribution in [2.45, 2.75) is 19.1 Å². The van der Waals surface area contributed by atoms with Crippen molar-refractivity contribution in [1.29, 1.82) is 0 Å². The normalized spacial score (nSPS) is 13.0. The van der Waals surface area contributed by atoms with E-state index >= 15 is 0 Å². The summed E-state index contributed by atoms with van der Waals surface area (Å²) in [4.78, 5) is 16.0.